The lowest BCUT2D eigenvalue weighted by Gasteiger charge is -2.12. The third-order valence-corrected chi connectivity index (χ3v) is 4.52. The van der Waals surface area contributed by atoms with Gasteiger partial charge in [-0.1, -0.05) is 12.1 Å². The van der Waals surface area contributed by atoms with E-state index < -0.39 is 0 Å². The van der Waals surface area contributed by atoms with E-state index in [-0.39, 0.29) is 5.91 Å². The summed E-state index contributed by atoms with van der Waals surface area (Å²) in [6, 6.07) is 11.3. The molecule has 0 radical (unpaired) electrons. The molecule has 0 atom stereocenters. The van der Waals surface area contributed by atoms with E-state index in [0.717, 1.165) is 25.5 Å². The summed E-state index contributed by atoms with van der Waals surface area (Å²) in [7, 11) is 1.58. The Morgan fingerprint density at radius 2 is 2.00 bits per heavy atom. The number of aliphatic imine (C=N–C) groups is 1. The quantitative estimate of drug-likeness (QED) is 0.358. The van der Waals surface area contributed by atoms with E-state index in [1.807, 2.05) is 13.0 Å². The molecule has 0 aliphatic heterocycles. The monoisotopic (exact) mass is 374 g/mol. The minimum atomic E-state index is -0.120. The summed E-state index contributed by atoms with van der Waals surface area (Å²) >= 11 is 1.75. The molecule has 0 unspecified atom stereocenters. The molecule has 0 saturated carbocycles. The number of guanidine groups is 1. The van der Waals surface area contributed by atoms with Crippen LogP contribution in [0.2, 0.25) is 0 Å². The Hall–Kier alpha value is -2.54. The van der Waals surface area contributed by atoms with E-state index in [9.17, 15) is 4.79 Å². The molecule has 0 aliphatic rings. The van der Waals surface area contributed by atoms with Crippen molar-refractivity contribution in [2.75, 3.05) is 33.3 Å². The van der Waals surface area contributed by atoms with Crippen molar-refractivity contribution in [2.45, 2.75) is 13.3 Å². The van der Waals surface area contributed by atoms with Gasteiger partial charge in [-0.25, -0.2) is 0 Å². The minimum Gasteiger partial charge on any atom is -0.497 e. The summed E-state index contributed by atoms with van der Waals surface area (Å²) < 4.78 is 5.14. The average Bonchev–Trinajstić information content (AvgIpc) is 3.18. The number of amides is 1. The molecule has 6 nitrogen and oxygen atoms in total. The van der Waals surface area contributed by atoms with Gasteiger partial charge in [0.1, 0.15) is 5.75 Å². The van der Waals surface area contributed by atoms with Crippen LogP contribution in [0.3, 0.4) is 0 Å². The van der Waals surface area contributed by atoms with Gasteiger partial charge in [0.15, 0.2) is 5.96 Å². The molecule has 0 fully saturated rings. The highest BCUT2D eigenvalue weighted by molar-refractivity contribution is 7.09. The van der Waals surface area contributed by atoms with Crippen molar-refractivity contribution in [2.24, 2.45) is 4.99 Å². The van der Waals surface area contributed by atoms with E-state index in [1.165, 1.54) is 4.88 Å². The van der Waals surface area contributed by atoms with Crippen LogP contribution < -0.4 is 20.7 Å². The first-order valence-electron chi connectivity index (χ1n) is 8.69. The molecule has 7 heteroatoms. The normalized spacial score (nSPS) is 11.1. The maximum Gasteiger partial charge on any atom is 0.251 e. The van der Waals surface area contributed by atoms with Gasteiger partial charge in [-0.3, -0.25) is 9.79 Å². The van der Waals surface area contributed by atoms with Gasteiger partial charge in [-0.05, 0) is 36.6 Å². The molecule has 0 spiro atoms. The summed E-state index contributed by atoms with van der Waals surface area (Å²) in [6.45, 7) is 4.65. The topological polar surface area (TPSA) is 74.8 Å². The molecular formula is C19H26N4O2S. The number of nitrogens with zero attached hydrogens (tertiary/aromatic N) is 1. The first-order valence-corrected chi connectivity index (χ1v) is 9.57. The number of nitrogens with one attached hydrogen (secondary N) is 3. The molecule has 3 N–H and O–H groups in total. The smallest absolute Gasteiger partial charge is 0.251 e. The number of benzene rings is 1. The van der Waals surface area contributed by atoms with Gasteiger partial charge in [-0.2, -0.15) is 0 Å². The first kappa shape index (κ1) is 19.8. The number of thiophene rings is 1. The Labute approximate surface area is 158 Å². The Kier molecular flexibility index (Phi) is 8.48. The van der Waals surface area contributed by atoms with Crippen LogP contribution in [0.15, 0.2) is 46.8 Å². The second-order valence-corrected chi connectivity index (χ2v) is 6.54. The van der Waals surface area contributed by atoms with E-state index in [2.05, 4.69) is 38.5 Å². The van der Waals surface area contributed by atoms with Crippen molar-refractivity contribution in [3.05, 3.63) is 52.2 Å². The fraction of sp³-hybridized carbons (Fsp3) is 0.368. The van der Waals surface area contributed by atoms with Crippen molar-refractivity contribution < 1.29 is 9.53 Å². The maximum atomic E-state index is 12.1. The van der Waals surface area contributed by atoms with E-state index >= 15 is 0 Å². The van der Waals surface area contributed by atoms with E-state index in [4.69, 9.17) is 4.74 Å². The molecule has 0 saturated heterocycles. The Morgan fingerprint density at radius 3 is 2.73 bits per heavy atom. The van der Waals surface area contributed by atoms with Crippen molar-refractivity contribution in [3.63, 3.8) is 0 Å². The third-order valence-electron chi connectivity index (χ3n) is 3.59. The zero-order valence-electron chi connectivity index (χ0n) is 15.2. The Bertz CT molecular complexity index is 701. The number of methoxy groups -OCH3 is 1. The lowest BCUT2D eigenvalue weighted by atomic mass is 10.2. The lowest BCUT2D eigenvalue weighted by Crippen LogP contribution is -2.41. The summed E-state index contributed by atoms with van der Waals surface area (Å²) in [6.07, 6.45) is 0.931. The maximum absolute atomic E-state index is 12.1. The second-order valence-electron chi connectivity index (χ2n) is 5.50. The predicted molar refractivity (Wildman–Crippen MR) is 107 cm³/mol. The van der Waals surface area contributed by atoms with Crippen LogP contribution in [0.5, 0.6) is 5.75 Å². The van der Waals surface area contributed by atoms with Gasteiger partial charge in [0, 0.05) is 43.0 Å². The number of hydrogen-bond acceptors (Lipinski definition) is 4. The number of carbonyl (C=O) groups excluding carboxylic acids is 1. The molecule has 26 heavy (non-hydrogen) atoms. The van der Waals surface area contributed by atoms with Gasteiger partial charge < -0.3 is 20.7 Å². The SMILES string of the molecule is CCNC(=NCCc1cccs1)NCCNC(=O)c1cccc(OC)c1. The first-order chi connectivity index (χ1) is 12.7. The molecule has 2 aromatic rings. The van der Waals surface area contributed by atoms with Crippen LogP contribution in [-0.4, -0.2) is 45.2 Å². The number of hydrogen-bond donors (Lipinski definition) is 3. The highest BCUT2D eigenvalue weighted by Gasteiger charge is 2.06. The minimum absolute atomic E-state index is 0.120. The van der Waals surface area contributed by atoms with Crippen molar-refractivity contribution >= 4 is 23.2 Å². The molecule has 1 aromatic heterocycles. The van der Waals surface area contributed by atoms with Gasteiger partial charge in [-0.15, -0.1) is 11.3 Å². The zero-order chi connectivity index (χ0) is 18.6. The number of carbonyl (C=O) groups is 1. The van der Waals surface area contributed by atoms with Gasteiger partial charge in [0.2, 0.25) is 0 Å². The molecular weight excluding hydrogens is 348 g/mol. The second kappa shape index (κ2) is 11.1. The molecule has 0 bridgehead atoms. The highest BCUT2D eigenvalue weighted by atomic mass is 32.1. The van der Waals surface area contributed by atoms with Crippen LogP contribution >= 0.6 is 11.3 Å². The Balaban J connectivity index is 1.73. The van der Waals surface area contributed by atoms with Gasteiger partial charge in [0.05, 0.1) is 7.11 Å². The largest absolute Gasteiger partial charge is 0.497 e. The van der Waals surface area contributed by atoms with E-state index in [1.54, 1.807) is 36.6 Å². The van der Waals surface area contributed by atoms with E-state index in [0.29, 0.717) is 24.4 Å². The van der Waals surface area contributed by atoms with Gasteiger partial charge >= 0.3 is 0 Å². The van der Waals surface area contributed by atoms with Gasteiger partial charge in [0.25, 0.3) is 5.91 Å². The molecule has 140 valence electrons. The summed E-state index contributed by atoms with van der Waals surface area (Å²) in [5.41, 5.74) is 0.584. The summed E-state index contributed by atoms with van der Waals surface area (Å²) in [5.74, 6) is 1.31. The average molecular weight is 375 g/mol. The zero-order valence-corrected chi connectivity index (χ0v) is 16.1. The van der Waals surface area contributed by atoms with Crippen LogP contribution in [-0.2, 0) is 6.42 Å². The number of ether oxygens (including phenoxy) is 1. The third kappa shape index (κ3) is 6.76. The van der Waals surface area contributed by atoms with Crippen LogP contribution in [0.4, 0.5) is 0 Å². The fourth-order valence-electron chi connectivity index (χ4n) is 2.30. The van der Waals surface area contributed by atoms with Crippen molar-refractivity contribution in [1.29, 1.82) is 0 Å². The predicted octanol–water partition coefficient (Wildman–Crippen LogP) is 2.28. The molecule has 1 amide bonds. The molecule has 1 heterocycles. The summed E-state index contributed by atoms with van der Waals surface area (Å²) in [5, 5.41) is 11.4. The summed E-state index contributed by atoms with van der Waals surface area (Å²) in [4.78, 5) is 18.0. The standard InChI is InChI=1S/C19H26N4O2S/c1-3-20-19(22-10-9-17-8-5-13-26-17)23-12-11-21-18(24)15-6-4-7-16(14-15)25-2/h4-8,13-14H,3,9-12H2,1-2H3,(H,21,24)(H2,20,22,23). The van der Waals surface area contributed by atoms with Crippen molar-refractivity contribution in [3.8, 4) is 5.75 Å². The Morgan fingerprint density at radius 1 is 1.15 bits per heavy atom. The molecule has 2 rings (SSSR count). The highest BCUT2D eigenvalue weighted by Crippen LogP contribution is 2.12. The fourth-order valence-corrected chi connectivity index (χ4v) is 3.00. The van der Waals surface area contributed by atoms with Crippen LogP contribution in [0.1, 0.15) is 22.2 Å². The number of rotatable bonds is 9. The molecule has 1 aromatic carbocycles. The van der Waals surface area contributed by atoms with Crippen LogP contribution in [0, 0.1) is 0 Å². The molecule has 0 aliphatic carbocycles. The van der Waals surface area contributed by atoms with Crippen molar-refractivity contribution in [1.82, 2.24) is 16.0 Å². The van der Waals surface area contributed by atoms with Crippen LogP contribution in [0.25, 0.3) is 0 Å². The lowest BCUT2D eigenvalue weighted by molar-refractivity contribution is 0.0954.